The molecule has 0 saturated carbocycles. The lowest BCUT2D eigenvalue weighted by Gasteiger charge is -2.00. The largest absolute Gasteiger partial charge is 0.508 e. The summed E-state index contributed by atoms with van der Waals surface area (Å²) in [7, 11) is 0. The Bertz CT molecular complexity index is 604. The van der Waals surface area contributed by atoms with Crippen LogP contribution in [0.2, 0.25) is 0 Å². The minimum absolute atomic E-state index is 0.195. The lowest BCUT2D eigenvalue weighted by molar-refractivity contribution is 0.0955. The van der Waals surface area contributed by atoms with Crippen LogP contribution in [0.5, 0.6) is 5.75 Å². The van der Waals surface area contributed by atoms with Crippen LogP contribution in [0.3, 0.4) is 0 Å². The summed E-state index contributed by atoms with van der Waals surface area (Å²) >= 11 is 0. The lowest BCUT2D eigenvalue weighted by Crippen LogP contribution is -2.17. The van der Waals surface area contributed by atoms with Gasteiger partial charge in [-0.25, -0.2) is 5.43 Å². The van der Waals surface area contributed by atoms with Crippen LogP contribution in [0.15, 0.2) is 53.6 Å². The van der Waals surface area contributed by atoms with Crippen LogP contribution < -0.4 is 5.43 Å². The zero-order valence-electron chi connectivity index (χ0n) is 10.5. The summed E-state index contributed by atoms with van der Waals surface area (Å²) in [5.74, 6) is -0.0559. The van der Waals surface area contributed by atoms with Gasteiger partial charge in [-0.05, 0) is 48.9 Å². The Hall–Kier alpha value is -2.62. The van der Waals surface area contributed by atoms with E-state index < -0.39 is 0 Å². The number of hydrogen-bond acceptors (Lipinski definition) is 3. The van der Waals surface area contributed by atoms with Crippen LogP contribution >= 0.6 is 0 Å². The van der Waals surface area contributed by atoms with Gasteiger partial charge in [0.25, 0.3) is 5.91 Å². The first-order valence-electron chi connectivity index (χ1n) is 5.84. The molecule has 0 unspecified atom stereocenters. The van der Waals surface area contributed by atoms with E-state index in [0.717, 1.165) is 11.1 Å². The molecule has 0 saturated heterocycles. The average Bonchev–Trinajstić information content (AvgIpc) is 2.41. The molecule has 2 rings (SSSR count). The number of phenolic OH excluding ortho intramolecular Hbond substituents is 1. The highest BCUT2D eigenvalue weighted by Gasteiger charge is 2.02. The molecular formula is C15H14N2O2. The highest BCUT2D eigenvalue weighted by atomic mass is 16.3. The monoisotopic (exact) mass is 254 g/mol. The second-order valence-electron chi connectivity index (χ2n) is 4.16. The minimum Gasteiger partial charge on any atom is -0.508 e. The van der Waals surface area contributed by atoms with Gasteiger partial charge in [0.15, 0.2) is 0 Å². The number of carbonyl (C=O) groups excluding carboxylic acids is 1. The number of aromatic hydroxyl groups is 1. The SMILES string of the molecule is Cc1cccc(C(=O)N/N=C/c2ccc(O)cc2)c1. The van der Waals surface area contributed by atoms with E-state index in [1.807, 2.05) is 19.1 Å². The fraction of sp³-hybridized carbons (Fsp3) is 0.0667. The first-order chi connectivity index (χ1) is 9.15. The maximum absolute atomic E-state index is 11.8. The van der Waals surface area contributed by atoms with Gasteiger partial charge in [-0.3, -0.25) is 4.79 Å². The smallest absolute Gasteiger partial charge is 0.271 e. The van der Waals surface area contributed by atoms with E-state index in [9.17, 15) is 4.79 Å². The Morgan fingerprint density at radius 3 is 2.63 bits per heavy atom. The third-order valence-electron chi connectivity index (χ3n) is 2.55. The summed E-state index contributed by atoms with van der Waals surface area (Å²) in [5, 5.41) is 13.0. The second-order valence-corrected chi connectivity index (χ2v) is 4.16. The van der Waals surface area contributed by atoms with E-state index in [-0.39, 0.29) is 11.7 Å². The van der Waals surface area contributed by atoms with E-state index in [2.05, 4.69) is 10.5 Å². The number of rotatable bonds is 3. The highest BCUT2D eigenvalue weighted by molar-refractivity contribution is 5.95. The normalized spacial score (nSPS) is 10.6. The number of amides is 1. The molecule has 0 fully saturated rings. The van der Waals surface area contributed by atoms with Gasteiger partial charge in [0.1, 0.15) is 5.75 Å². The molecule has 4 nitrogen and oxygen atoms in total. The van der Waals surface area contributed by atoms with E-state index in [0.29, 0.717) is 5.56 Å². The number of benzene rings is 2. The molecule has 2 aromatic rings. The minimum atomic E-state index is -0.251. The Morgan fingerprint density at radius 1 is 1.21 bits per heavy atom. The second kappa shape index (κ2) is 5.82. The quantitative estimate of drug-likeness (QED) is 0.653. The van der Waals surface area contributed by atoms with Crippen molar-refractivity contribution < 1.29 is 9.90 Å². The fourth-order valence-electron chi connectivity index (χ4n) is 1.58. The number of nitrogens with zero attached hydrogens (tertiary/aromatic N) is 1. The van der Waals surface area contributed by atoms with Crippen LogP contribution in [0.1, 0.15) is 21.5 Å². The van der Waals surface area contributed by atoms with Crippen molar-refractivity contribution in [2.45, 2.75) is 6.92 Å². The fourth-order valence-corrected chi connectivity index (χ4v) is 1.58. The molecule has 0 aliphatic rings. The van der Waals surface area contributed by atoms with Crippen molar-refractivity contribution in [3.8, 4) is 5.75 Å². The van der Waals surface area contributed by atoms with Gasteiger partial charge in [0.05, 0.1) is 6.21 Å². The Labute approximate surface area is 111 Å². The molecule has 0 spiro atoms. The van der Waals surface area contributed by atoms with Gasteiger partial charge < -0.3 is 5.11 Å². The predicted octanol–water partition coefficient (Wildman–Crippen LogP) is 2.46. The summed E-state index contributed by atoms with van der Waals surface area (Å²) in [6.45, 7) is 1.93. The standard InChI is InChI=1S/C15H14N2O2/c1-11-3-2-4-13(9-11)15(19)17-16-10-12-5-7-14(18)8-6-12/h2-10,18H,1H3,(H,17,19)/b16-10+. The van der Waals surface area contributed by atoms with Crippen LogP contribution in [0.4, 0.5) is 0 Å². The highest BCUT2D eigenvalue weighted by Crippen LogP contribution is 2.07. The molecule has 2 aromatic carbocycles. The maximum atomic E-state index is 11.8. The molecule has 0 bridgehead atoms. The summed E-state index contributed by atoms with van der Waals surface area (Å²) in [5.41, 5.74) is 4.85. The Kier molecular flexibility index (Phi) is 3.93. The molecule has 0 radical (unpaired) electrons. The van der Waals surface area contributed by atoms with Crippen molar-refractivity contribution in [3.05, 3.63) is 65.2 Å². The molecule has 19 heavy (non-hydrogen) atoms. The number of carbonyl (C=O) groups is 1. The summed E-state index contributed by atoms with van der Waals surface area (Å²) < 4.78 is 0. The molecule has 2 N–H and O–H groups in total. The molecule has 0 heterocycles. The zero-order valence-corrected chi connectivity index (χ0v) is 10.5. The molecule has 0 aromatic heterocycles. The molecule has 96 valence electrons. The summed E-state index contributed by atoms with van der Waals surface area (Å²) in [6.07, 6.45) is 1.52. The average molecular weight is 254 g/mol. The molecule has 0 atom stereocenters. The first kappa shape index (κ1) is 12.8. The topological polar surface area (TPSA) is 61.7 Å². The molecule has 0 aliphatic heterocycles. The third kappa shape index (κ3) is 3.67. The zero-order chi connectivity index (χ0) is 13.7. The molecule has 1 amide bonds. The number of nitrogens with one attached hydrogen (secondary N) is 1. The van der Waals surface area contributed by atoms with Crippen LogP contribution in [0, 0.1) is 6.92 Å². The van der Waals surface area contributed by atoms with Crippen molar-refractivity contribution in [1.29, 1.82) is 0 Å². The number of phenols is 1. The van der Waals surface area contributed by atoms with Gasteiger partial charge in [-0.1, -0.05) is 17.7 Å². The Morgan fingerprint density at radius 2 is 1.95 bits per heavy atom. The third-order valence-corrected chi connectivity index (χ3v) is 2.55. The maximum Gasteiger partial charge on any atom is 0.271 e. The Balaban J connectivity index is 1.98. The molecule has 0 aliphatic carbocycles. The summed E-state index contributed by atoms with van der Waals surface area (Å²) in [6, 6.07) is 13.8. The number of hydrazone groups is 1. The number of hydrogen-bond donors (Lipinski definition) is 2. The van der Waals surface area contributed by atoms with Crippen LogP contribution in [0.25, 0.3) is 0 Å². The van der Waals surface area contributed by atoms with Crippen molar-refractivity contribution in [2.75, 3.05) is 0 Å². The predicted molar refractivity (Wildman–Crippen MR) is 74.3 cm³/mol. The lowest BCUT2D eigenvalue weighted by atomic mass is 10.1. The molecular weight excluding hydrogens is 240 g/mol. The van der Waals surface area contributed by atoms with Crippen molar-refractivity contribution in [1.82, 2.24) is 5.43 Å². The van der Waals surface area contributed by atoms with Gasteiger partial charge in [-0.15, -0.1) is 0 Å². The van der Waals surface area contributed by atoms with Gasteiger partial charge >= 0.3 is 0 Å². The first-order valence-corrected chi connectivity index (χ1v) is 5.84. The molecule has 4 heteroatoms. The van der Waals surface area contributed by atoms with E-state index in [1.165, 1.54) is 6.21 Å². The van der Waals surface area contributed by atoms with E-state index in [1.54, 1.807) is 36.4 Å². The van der Waals surface area contributed by atoms with E-state index in [4.69, 9.17) is 5.11 Å². The van der Waals surface area contributed by atoms with Crippen LogP contribution in [-0.2, 0) is 0 Å². The van der Waals surface area contributed by atoms with Crippen molar-refractivity contribution in [3.63, 3.8) is 0 Å². The van der Waals surface area contributed by atoms with Crippen LogP contribution in [-0.4, -0.2) is 17.2 Å². The van der Waals surface area contributed by atoms with Crippen molar-refractivity contribution >= 4 is 12.1 Å². The van der Waals surface area contributed by atoms with Crippen molar-refractivity contribution in [2.24, 2.45) is 5.10 Å². The summed E-state index contributed by atoms with van der Waals surface area (Å²) in [4.78, 5) is 11.8. The van der Waals surface area contributed by atoms with E-state index >= 15 is 0 Å². The van der Waals surface area contributed by atoms with Gasteiger partial charge in [0, 0.05) is 5.56 Å². The van der Waals surface area contributed by atoms with Gasteiger partial charge in [-0.2, -0.15) is 5.10 Å². The number of aryl methyl sites for hydroxylation is 1. The van der Waals surface area contributed by atoms with Gasteiger partial charge in [0.2, 0.25) is 0 Å².